The largest absolute Gasteiger partial charge is 0.335 e. The number of amidine groups is 1. The summed E-state index contributed by atoms with van der Waals surface area (Å²) in [5.74, 6) is 1.97. The van der Waals surface area contributed by atoms with Crippen LogP contribution in [0.15, 0.2) is 33.7 Å². The van der Waals surface area contributed by atoms with Gasteiger partial charge < -0.3 is 5.32 Å². The molecule has 0 amide bonds. The van der Waals surface area contributed by atoms with E-state index in [2.05, 4.69) is 52.4 Å². The molecule has 4 heteroatoms. The van der Waals surface area contributed by atoms with Crippen molar-refractivity contribution in [3.05, 3.63) is 28.7 Å². The maximum absolute atomic E-state index is 5.00. The van der Waals surface area contributed by atoms with Crippen molar-refractivity contribution in [3.63, 3.8) is 0 Å². The van der Waals surface area contributed by atoms with Gasteiger partial charge in [-0.05, 0) is 43.0 Å². The molecule has 0 bridgehead atoms. The minimum absolute atomic E-state index is 0.222. The van der Waals surface area contributed by atoms with Gasteiger partial charge in [-0.15, -0.1) is 0 Å². The molecule has 0 aromatic heterocycles. The van der Waals surface area contributed by atoms with Crippen LogP contribution in [0.3, 0.4) is 0 Å². The van der Waals surface area contributed by atoms with Crippen molar-refractivity contribution in [3.8, 4) is 0 Å². The van der Waals surface area contributed by atoms with E-state index in [1.165, 1.54) is 25.7 Å². The zero-order valence-corrected chi connectivity index (χ0v) is 13.6. The molecule has 2 nitrogen and oxygen atoms in total. The summed E-state index contributed by atoms with van der Waals surface area (Å²) in [6.45, 7) is 2.36. The van der Waals surface area contributed by atoms with Crippen molar-refractivity contribution in [2.75, 3.05) is 11.1 Å². The summed E-state index contributed by atoms with van der Waals surface area (Å²) < 4.78 is 1.11. The number of thioether (sulfide) groups is 1. The minimum atomic E-state index is 0.222. The number of anilines is 1. The van der Waals surface area contributed by atoms with Crippen molar-refractivity contribution in [1.29, 1.82) is 0 Å². The molecule has 2 atom stereocenters. The van der Waals surface area contributed by atoms with E-state index in [1.54, 1.807) is 0 Å². The van der Waals surface area contributed by atoms with Gasteiger partial charge in [0.05, 0.1) is 5.54 Å². The highest BCUT2D eigenvalue weighted by Gasteiger charge is 2.39. The zero-order valence-electron chi connectivity index (χ0n) is 11.2. The van der Waals surface area contributed by atoms with Crippen molar-refractivity contribution >= 4 is 38.5 Å². The number of halogens is 1. The molecule has 1 N–H and O–H groups in total. The summed E-state index contributed by atoms with van der Waals surface area (Å²) >= 11 is 5.33. The minimum Gasteiger partial charge on any atom is -0.335 e. The van der Waals surface area contributed by atoms with E-state index in [9.17, 15) is 0 Å². The average Bonchev–Trinajstić information content (AvgIpc) is 2.75. The summed E-state index contributed by atoms with van der Waals surface area (Å²) in [7, 11) is 0. The van der Waals surface area contributed by atoms with Gasteiger partial charge >= 0.3 is 0 Å². The van der Waals surface area contributed by atoms with E-state index < -0.39 is 0 Å². The summed E-state index contributed by atoms with van der Waals surface area (Å²) in [6, 6.07) is 8.28. The second-order valence-electron chi connectivity index (χ2n) is 5.76. The average molecular weight is 339 g/mol. The summed E-state index contributed by atoms with van der Waals surface area (Å²) in [5, 5.41) is 4.54. The highest BCUT2D eigenvalue weighted by Crippen LogP contribution is 2.42. The Morgan fingerprint density at radius 3 is 2.89 bits per heavy atom. The molecule has 3 rings (SSSR count). The molecule has 1 aromatic carbocycles. The Hall–Kier alpha value is -0.480. The van der Waals surface area contributed by atoms with E-state index in [-0.39, 0.29) is 5.54 Å². The molecule has 1 heterocycles. The van der Waals surface area contributed by atoms with Crippen molar-refractivity contribution in [2.45, 2.75) is 38.1 Å². The van der Waals surface area contributed by atoms with Gasteiger partial charge in [0.1, 0.15) is 0 Å². The second-order valence-corrected chi connectivity index (χ2v) is 7.64. The van der Waals surface area contributed by atoms with E-state index in [0.29, 0.717) is 0 Å². The highest BCUT2D eigenvalue weighted by atomic mass is 79.9. The number of aliphatic imine (C=N–C) groups is 1. The van der Waals surface area contributed by atoms with E-state index in [0.717, 1.165) is 27.0 Å². The first-order valence-electron chi connectivity index (χ1n) is 6.90. The Morgan fingerprint density at radius 1 is 1.37 bits per heavy atom. The molecule has 2 aliphatic rings. The lowest BCUT2D eigenvalue weighted by atomic mass is 9.78. The summed E-state index contributed by atoms with van der Waals surface area (Å²) in [5.41, 5.74) is 1.34. The van der Waals surface area contributed by atoms with E-state index >= 15 is 0 Å². The molecule has 1 saturated carbocycles. The van der Waals surface area contributed by atoms with E-state index in [1.807, 2.05) is 11.8 Å². The van der Waals surface area contributed by atoms with Crippen LogP contribution in [-0.4, -0.2) is 16.5 Å². The lowest BCUT2D eigenvalue weighted by molar-refractivity contribution is 0.266. The molecule has 2 unspecified atom stereocenters. The maximum Gasteiger partial charge on any atom is 0.161 e. The molecule has 1 fully saturated rings. The van der Waals surface area contributed by atoms with Crippen LogP contribution in [0.25, 0.3) is 0 Å². The molecular formula is C15H19BrN2S. The molecule has 1 spiro atoms. The topological polar surface area (TPSA) is 24.4 Å². The predicted molar refractivity (Wildman–Crippen MR) is 88.0 cm³/mol. The molecule has 19 heavy (non-hydrogen) atoms. The van der Waals surface area contributed by atoms with Gasteiger partial charge in [-0.3, -0.25) is 4.99 Å². The first-order valence-corrected chi connectivity index (χ1v) is 8.68. The Bertz CT molecular complexity index is 485. The fourth-order valence-corrected chi connectivity index (χ4v) is 4.51. The molecule has 1 aromatic rings. The molecule has 1 aliphatic carbocycles. The fourth-order valence-electron chi connectivity index (χ4n) is 3.07. The number of rotatable bonds is 1. The van der Waals surface area contributed by atoms with Crippen LogP contribution in [0.5, 0.6) is 0 Å². The van der Waals surface area contributed by atoms with Crippen LogP contribution in [0.2, 0.25) is 0 Å². The maximum atomic E-state index is 5.00. The summed E-state index contributed by atoms with van der Waals surface area (Å²) in [6.07, 6.45) is 5.22. The first kappa shape index (κ1) is 13.5. The summed E-state index contributed by atoms with van der Waals surface area (Å²) in [4.78, 5) is 5.00. The molecular weight excluding hydrogens is 320 g/mol. The molecule has 1 aliphatic heterocycles. The third-order valence-electron chi connectivity index (χ3n) is 3.98. The molecule has 0 radical (unpaired) electrons. The smallest absolute Gasteiger partial charge is 0.161 e. The number of hydrogen-bond donors (Lipinski definition) is 1. The Labute approximate surface area is 127 Å². The standard InChI is InChI=1S/C15H19BrN2S/c1-11-3-2-8-15(9-11)10-19-14(18-15)17-13-6-4-12(16)5-7-13/h4-7,11H,2-3,8-10H2,1H3,(H,17,18). The number of hydrogen-bond acceptors (Lipinski definition) is 3. The molecule has 102 valence electrons. The van der Waals surface area contributed by atoms with E-state index in [4.69, 9.17) is 4.99 Å². The SMILES string of the molecule is CC1CCCC2(CSC(Nc3ccc(Br)cc3)=N2)C1. The third kappa shape index (κ3) is 3.16. The number of nitrogens with one attached hydrogen (secondary N) is 1. The van der Waals surface area contributed by atoms with Gasteiger partial charge in [0.25, 0.3) is 0 Å². The van der Waals surface area contributed by atoms with Crippen LogP contribution >= 0.6 is 27.7 Å². The number of benzene rings is 1. The van der Waals surface area contributed by atoms with Crippen LogP contribution in [0.4, 0.5) is 5.69 Å². The molecule has 0 saturated heterocycles. The van der Waals surface area contributed by atoms with Crippen molar-refractivity contribution in [2.24, 2.45) is 10.9 Å². The van der Waals surface area contributed by atoms with Gasteiger partial charge in [0, 0.05) is 15.9 Å². The Kier molecular flexibility index (Phi) is 3.90. The van der Waals surface area contributed by atoms with Crippen molar-refractivity contribution in [1.82, 2.24) is 0 Å². The van der Waals surface area contributed by atoms with Crippen LogP contribution in [0, 0.1) is 5.92 Å². The second kappa shape index (κ2) is 5.49. The van der Waals surface area contributed by atoms with Crippen LogP contribution in [0.1, 0.15) is 32.6 Å². The Morgan fingerprint density at radius 2 is 2.16 bits per heavy atom. The van der Waals surface area contributed by atoms with Crippen LogP contribution < -0.4 is 5.32 Å². The van der Waals surface area contributed by atoms with Crippen LogP contribution in [-0.2, 0) is 0 Å². The first-order chi connectivity index (χ1) is 9.15. The lowest BCUT2D eigenvalue weighted by Crippen LogP contribution is -2.33. The Balaban J connectivity index is 1.71. The number of nitrogens with zero attached hydrogens (tertiary/aromatic N) is 1. The third-order valence-corrected chi connectivity index (χ3v) is 5.66. The van der Waals surface area contributed by atoms with Gasteiger partial charge in [0.15, 0.2) is 5.17 Å². The monoisotopic (exact) mass is 338 g/mol. The normalized spacial score (nSPS) is 30.4. The van der Waals surface area contributed by atoms with Gasteiger partial charge in [-0.1, -0.05) is 47.5 Å². The van der Waals surface area contributed by atoms with Gasteiger partial charge in [0.2, 0.25) is 0 Å². The predicted octanol–water partition coefficient (Wildman–Crippen LogP) is 4.91. The fraction of sp³-hybridized carbons (Fsp3) is 0.533. The van der Waals surface area contributed by atoms with Gasteiger partial charge in [-0.2, -0.15) is 0 Å². The quantitative estimate of drug-likeness (QED) is 0.786. The highest BCUT2D eigenvalue weighted by molar-refractivity contribution is 9.10. The zero-order chi connectivity index (χ0) is 13.3. The van der Waals surface area contributed by atoms with Crippen molar-refractivity contribution < 1.29 is 0 Å². The van der Waals surface area contributed by atoms with Gasteiger partial charge in [-0.25, -0.2) is 0 Å². The lowest BCUT2D eigenvalue weighted by Gasteiger charge is -2.33.